The van der Waals surface area contributed by atoms with Crippen LogP contribution < -0.4 is 10.5 Å². The number of aliphatic hydroxyl groups is 1. The first-order valence-corrected chi connectivity index (χ1v) is 5.44. The van der Waals surface area contributed by atoms with Gasteiger partial charge in [-0.1, -0.05) is 0 Å². The van der Waals surface area contributed by atoms with Crippen molar-refractivity contribution in [3.05, 3.63) is 11.8 Å². The Balaban J connectivity index is 2.24. The summed E-state index contributed by atoms with van der Waals surface area (Å²) in [7, 11) is 0. The van der Waals surface area contributed by atoms with Gasteiger partial charge < -0.3 is 15.6 Å². The van der Waals surface area contributed by atoms with Gasteiger partial charge in [-0.3, -0.25) is 0 Å². The molecule has 17 heavy (non-hydrogen) atoms. The number of rotatable bonds is 2. The Morgan fingerprint density at radius 1 is 1.71 bits per heavy atom. The van der Waals surface area contributed by atoms with Crippen molar-refractivity contribution in [3.8, 4) is 11.9 Å². The van der Waals surface area contributed by atoms with Crippen LogP contribution in [0.4, 0.5) is 5.95 Å². The Morgan fingerprint density at radius 2 is 2.47 bits per heavy atom. The van der Waals surface area contributed by atoms with Crippen molar-refractivity contribution in [3.63, 3.8) is 0 Å². The smallest absolute Gasteiger partial charge is 0.236 e. The summed E-state index contributed by atoms with van der Waals surface area (Å²) in [5.41, 5.74) is 4.79. The van der Waals surface area contributed by atoms with Crippen LogP contribution in [0.5, 0.6) is 5.88 Å². The number of nitrogens with two attached hydrogens (primary N) is 1. The molecule has 2 rings (SSSR count). The van der Waals surface area contributed by atoms with Gasteiger partial charge in [0.25, 0.3) is 0 Å². The highest BCUT2D eigenvalue weighted by Gasteiger charge is 2.39. The first kappa shape index (κ1) is 11.6. The molecule has 1 fully saturated rings. The van der Waals surface area contributed by atoms with Gasteiger partial charge in [0.15, 0.2) is 0 Å². The maximum Gasteiger partial charge on any atom is 0.236 e. The lowest BCUT2D eigenvalue weighted by molar-refractivity contribution is -0.0270. The van der Waals surface area contributed by atoms with Crippen molar-refractivity contribution in [2.24, 2.45) is 0 Å². The average Bonchev–Trinajstić information content (AvgIpc) is 2.59. The first-order valence-electron chi connectivity index (χ1n) is 5.44. The molecule has 1 aromatic heterocycles. The molecule has 0 aromatic carbocycles. The topological polar surface area (TPSA) is 105 Å². The Hall–Kier alpha value is -1.87. The van der Waals surface area contributed by atoms with Crippen molar-refractivity contribution in [1.29, 1.82) is 5.26 Å². The lowest BCUT2D eigenvalue weighted by Gasteiger charge is -2.25. The van der Waals surface area contributed by atoms with Gasteiger partial charge in [-0.25, -0.2) is 4.98 Å². The predicted octanol–water partition coefficient (Wildman–Crippen LogP) is 0.613. The third kappa shape index (κ3) is 2.29. The van der Waals surface area contributed by atoms with Crippen molar-refractivity contribution in [2.75, 3.05) is 5.73 Å². The van der Waals surface area contributed by atoms with Crippen LogP contribution >= 0.6 is 0 Å². The minimum atomic E-state index is -0.883. The monoisotopic (exact) mass is 234 g/mol. The van der Waals surface area contributed by atoms with Crippen LogP contribution in [0.15, 0.2) is 6.20 Å². The Morgan fingerprint density at radius 3 is 3.06 bits per heavy atom. The molecular weight excluding hydrogens is 220 g/mol. The fourth-order valence-electron chi connectivity index (χ4n) is 1.98. The molecule has 3 N–H and O–H groups in total. The highest BCUT2D eigenvalue weighted by Crippen LogP contribution is 2.33. The third-order valence-electron chi connectivity index (χ3n) is 2.99. The number of nitrogens with zero attached hydrogens (tertiary/aromatic N) is 3. The summed E-state index contributed by atoms with van der Waals surface area (Å²) in [5.74, 6) is 0.198. The molecular formula is C11H14N4O2. The number of anilines is 1. The first-order chi connectivity index (χ1) is 8.03. The van der Waals surface area contributed by atoms with E-state index in [0.717, 1.165) is 12.8 Å². The van der Waals surface area contributed by atoms with Crippen LogP contribution in [0.3, 0.4) is 0 Å². The van der Waals surface area contributed by atoms with E-state index in [0.29, 0.717) is 6.42 Å². The van der Waals surface area contributed by atoms with Gasteiger partial charge in [-0.2, -0.15) is 10.2 Å². The van der Waals surface area contributed by atoms with Gasteiger partial charge in [-0.05, 0) is 26.2 Å². The highest BCUT2D eigenvalue weighted by molar-refractivity contribution is 5.39. The van der Waals surface area contributed by atoms with E-state index >= 15 is 0 Å². The van der Waals surface area contributed by atoms with E-state index in [4.69, 9.17) is 15.7 Å². The predicted molar refractivity (Wildman–Crippen MR) is 60.1 cm³/mol. The zero-order valence-corrected chi connectivity index (χ0v) is 9.55. The Labute approximate surface area is 99.1 Å². The molecule has 1 heterocycles. The molecule has 0 unspecified atom stereocenters. The molecule has 1 aliphatic rings. The van der Waals surface area contributed by atoms with Crippen LogP contribution in [0.1, 0.15) is 31.7 Å². The summed E-state index contributed by atoms with van der Waals surface area (Å²) in [6, 6.07) is 1.94. The molecule has 6 nitrogen and oxygen atoms in total. The second-order valence-corrected chi connectivity index (χ2v) is 4.41. The molecule has 0 amide bonds. The molecule has 2 atom stereocenters. The molecule has 1 aliphatic carbocycles. The number of aromatic nitrogens is 2. The zero-order valence-electron chi connectivity index (χ0n) is 9.55. The van der Waals surface area contributed by atoms with Crippen molar-refractivity contribution in [2.45, 2.75) is 37.9 Å². The molecule has 0 aliphatic heterocycles. The van der Waals surface area contributed by atoms with Gasteiger partial charge in [0.05, 0.1) is 11.8 Å². The number of nitrogen functional groups attached to an aromatic ring is 1. The number of hydrogen-bond acceptors (Lipinski definition) is 6. The zero-order chi connectivity index (χ0) is 12.5. The minimum absolute atomic E-state index is 0.0524. The van der Waals surface area contributed by atoms with Gasteiger partial charge in [0.1, 0.15) is 17.7 Å². The molecule has 0 spiro atoms. The lowest BCUT2D eigenvalue weighted by atomic mass is 10.0. The van der Waals surface area contributed by atoms with Gasteiger partial charge in [0.2, 0.25) is 11.8 Å². The summed E-state index contributed by atoms with van der Waals surface area (Å²) in [5, 5.41) is 19.0. The van der Waals surface area contributed by atoms with E-state index in [-0.39, 0.29) is 23.5 Å². The molecule has 0 radical (unpaired) electrons. The van der Waals surface area contributed by atoms with Crippen LogP contribution in [-0.2, 0) is 0 Å². The van der Waals surface area contributed by atoms with Gasteiger partial charge >= 0.3 is 0 Å². The van der Waals surface area contributed by atoms with E-state index in [2.05, 4.69) is 9.97 Å². The van der Waals surface area contributed by atoms with E-state index in [1.54, 1.807) is 6.92 Å². The van der Waals surface area contributed by atoms with E-state index in [9.17, 15) is 5.11 Å². The van der Waals surface area contributed by atoms with Crippen molar-refractivity contribution >= 4 is 5.95 Å². The van der Waals surface area contributed by atoms with Crippen molar-refractivity contribution in [1.82, 2.24) is 9.97 Å². The fraction of sp³-hybridized carbons (Fsp3) is 0.545. The maximum atomic E-state index is 10.1. The molecule has 0 bridgehead atoms. The fourth-order valence-corrected chi connectivity index (χ4v) is 1.98. The van der Waals surface area contributed by atoms with Crippen LogP contribution in [0.25, 0.3) is 0 Å². The van der Waals surface area contributed by atoms with E-state index in [1.165, 1.54) is 6.20 Å². The molecule has 6 heteroatoms. The number of hydrogen-bond donors (Lipinski definition) is 2. The maximum absolute atomic E-state index is 10.1. The normalized spacial score (nSPS) is 27.7. The van der Waals surface area contributed by atoms with Crippen LogP contribution in [-0.4, -0.2) is 26.8 Å². The molecule has 0 saturated heterocycles. The van der Waals surface area contributed by atoms with E-state index in [1.807, 2.05) is 6.07 Å². The summed E-state index contributed by atoms with van der Waals surface area (Å²) >= 11 is 0. The van der Waals surface area contributed by atoms with E-state index < -0.39 is 5.60 Å². The number of ether oxygens (including phenoxy) is 1. The Bertz CT molecular complexity index is 467. The second kappa shape index (κ2) is 4.18. The van der Waals surface area contributed by atoms with Crippen LogP contribution in [0, 0.1) is 11.3 Å². The number of nitriles is 1. The third-order valence-corrected chi connectivity index (χ3v) is 2.99. The van der Waals surface area contributed by atoms with Gasteiger partial charge in [0, 0.05) is 0 Å². The summed E-state index contributed by atoms with van der Waals surface area (Å²) in [4.78, 5) is 7.61. The molecule has 90 valence electrons. The second-order valence-electron chi connectivity index (χ2n) is 4.41. The Kier molecular flexibility index (Phi) is 2.86. The minimum Gasteiger partial charge on any atom is -0.470 e. The average molecular weight is 234 g/mol. The van der Waals surface area contributed by atoms with Crippen LogP contribution in [0.2, 0.25) is 0 Å². The summed E-state index contributed by atoms with van der Waals surface area (Å²) < 4.78 is 5.59. The largest absolute Gasteiger partial charge is 0.470 e. The molecule has 1 saturated carbocycles. The standard InChI is InChI=1S/C11H14N4O2/c1-11(16)4-2-3-8(11)17-9-7(5-12)6-14-10(13)15-9/h6,8,16H,2-4H2,1H3,(H2,13,14,15)/t8-,11+/m1/s1. The summed E-state index contributed by atoms with van der Waals surface area (Å²) in [6.07, 6.45) is 3.27. The quantitative estimate of drug-likeness (QED) is 0.776. The van der Waals surface area contributed by atoms with Gasteiger partial charge in [-0.15, -0.1) is 0 Å². The lowest BCUT2D eigenvalue weighted by Crippen LogP contribution is -2.38. The summed E-state index contributed by atoms with van der Waals surface area (Å²) in [6.45, 7) is 1.72. The highest BCUT2D eigenvalue weighted by atomic mass is 16.5. The SMILES string of the molecule is C[C@]1(O)CCC[C@H]1Oc1nc(N)ncc1C#N. The molecule has 1 aromatic rings. The van der Waals surface area contributed by atoms with Crippen molar-refractivity contribution < 1.29 is 9.84 Å².